The first-order valence-corrected chi connectivity index (χ1v) is 4.72. The van der Waals surface area contributed by atoms with Crippen LogP contribution in [0.4, 0.5) is 5.82 Å². The third-order valence-electron chi connectivity index (χ3n) is 2.00. The smallest absolute Gasteiger partial charge is 0.222 e. The Labute approximate surface area is 115 Å². The Morgan fingerprint density at radius 1 is 1.47 bits per heavy atom. The molecule has 0 aliphatic rings. The van der Waals surface area contributed by atoms with Crippen LogP contribution in [0.25, 0.3) is 11.3 Å². The molecule has 0 bridgehead atoms. The number of hydrogen-bond acceptors (Lipinski definition) is 4. The Kier molecular flexibility index (Phi) is 4.55. The molecule has 0 unspecified atom stereocenters. The van der Waals surface area contributed by atoms with Crippen LogP contribution >= 0.6 is 0 Å². The number of anilines is 1. The zero-order chi connectivity index (χ0) is 11.5. The lowest BCUT2D eigenvalue weighted by molar-refractivity contribution is -0.671. The number of carbonyl (C=O) groups is 1. The van der Waals surface area contributed by atoms with Crippen LogP contribution in [0.1, 0.15) is 6.92 Å². The lowest BCUT2D eigenvalue weighted by atomic mass is 10.2. The van der Waals surface area contributed by atoms with Crippen molar-refractivity contribution in [2.75, 3.05) is 5.32 Å². The van der Waals surface area contributed by atoms with Crippen LogP contribution in [-0.4, -0.2) is 16.2 Å². The molecule has 90 valence electrons. The SMILES string of the molecule is CC(=O)Nc1nonc1-c1ccc[n+](C)c1.[I-]. The highest BCUT2D eigenvalue weighted by Gasteiger charge is 2.15. The predicted octanol–water partition coefficient (Wildman–Crippen LogP) is -2.48. The maximum absolute atomic E-state index is 10.9. The molecule has 0 fully saturated rings. The fraction of sp³-hybridized carbons (Fsp3) is 0.200. The van der Waals surface area contributed by atoms with Gasteiger partial charge in [-0.15, -0.1) is 0 Å². The summed E-state index contributed by atoms with van der Waals surface area (Å²) in [6, 6.07) is 3.74. The van der Waals surface area contributed by atoms with Gasteiger partial charge in [0.15, 0.2) is 18.1 Å². The third-order valence-corrected chi connectivity index (χ3v) is 2.00. The second-order valence-corrected chi connectivity index (χ2v) is 3.40. The number of nitrogens with zero attached hydrogens (tertiary/aromatic N) is 3. The molecule has 7 heteroatoms. The number of halogens is 1. The minimum absolute atomic E-state index is 0. The second kappa shape index (κ2) is 5.71. The van der Waals surface area contributed by atoms with E-state index in [0.717, 1.165) is 5.56 Å². The van der Waals surface area contributed by atoms with E-state index in [1.165, 1.54) is 6.92 Å². The Morgan fingerprint density at radius 3 is 2.88 bits per heavy atom. The van der Waals surface area contributed by atoms with E-state index in [0.29, 0.717) is 11.5 Å². The van der Waals surface area contributed by atoms with E-state index in [1.54, 1.807) is 0 Å². The second-order valence-electron chi connectivity index (χ2n) is 3.40. The Balaban J connectivity index is 0.00000144. The Hall–Kier alpha value is -1.51. The van der Waals surface area contributed by atoms with Gasteiger partial charge in [-0.05, 0) is 16.4 Å². The molecule has 1 N–H and O–H groups in total. The van der Waals surface area contributed by atoms with Crippen molar-refractivity contribution in [2.45, 2.75) is 6.92 Å². The normalized spacial score (nSPS) is 9.53. The Bertz CT molecular complexity index is 527. The summed E-state index contributed by atoms with van der Waals surface area (Å²) in [5, 5.41) is 9.96. The maximum atomic E-state index is 10.9. The van der Waals surface area contributed by atoms with Crippen molar-refractivity contribution in [1.82, 2.24) is 10.3 Å². The number of aryl methyl sites for hydroxylation is 1. The molecule has 0 saturated carbocycles. The molecule has 0 aromatic carbocycles. The van der Waals surface area contributed by atoms with Crippen LogP contribution in [0.5, 0.6) is 0 Å². The van der Waals surface area contributed by atoms with E-state index in [2.05, 4.69) is 20.3 Å². The molecule has 0 aliphatic heterocycles. The summed E-state index contributed by atoms with van der Waals surface area (Å²) in [6.45, 7) is 1.41. The van der Waals surface area contributed by atoms with Crippen LogP contribution in [0.3, 0.4) is 0 Å². The number of rotatable bonds is 2. The van der Waals surface area contributed by atoms with Crippen LogP contribution < -0.4 is 33.9 Å². The lowest BCUT2D eigenvalue weighted by Gasteiger charge is -1.97. The standard InChI is InChI=1S/C10H10N4O2.HI/c1-7(15)11-10-9(12-16-13-10)8-4-3-5-14(2)6-8;/h3-6H,1-2H3;1H. The molecule has 0 spiro atoms. The summed E-state index contributed by atoms with van der Waals surface area (Å²) in [5.74, 6) is 0.121. The van der Waals surface area contributed by atoms with Gasteiger partial charge in [0.25, 0.3) is 0 Å². The molecule has 2 aromatic heterocycles. The molecule has 2 aromatic rings. The van der Waals surface area contributed by atoms with Crippen molar-refractivity contribution < 1.29 is 38.0 Å². The fourth-order valence-corrected chi connectivity index (χ4v) is 1.35. The predicted molar refractivity (Wildman–Crippen MR) is 55.2 cm³/mol. The summed E-state index contributed by atoms with van der Waals surface area (Å²) in [4.78, 5) is 10.9. The maximum Gasteiger partial charge on any atom is 0.222 e. The van der Waals surface area contributed by atoms with Gasteiger partial charge in [0, 0.05) is 13.0 Å². The van der Waals surface area contributed by atoms with Gasteiger partial charge in [0.1, 0.15) is 7.05 Å². The largest absolute Gasteiger partial charge is 1.00 e. The van der Waals surface area contributed by atoms with Crippen LogP contribution in [0, 0.1) is 0 Å². The van der Waals surface area contributed by atoms with Crippen molar-refractivity contribution in [3.05, 3.63) is 24.5 Å². The summed E-state index contributed by atoms with van der Waals surface area (Å²) in [6.07, 6.45) is 3.76. The highest BCUT2D eigenvalue weighted by atomic mass is 127. The molecule has 6 nitrogen and oxygen atoms in total. The highest BCUT2D eigenvalue weighted by Crippen LogP contribution is 2.22. The number of nitrogens with one attached hydrogen (secondary N) is 1. The topological polar surface area (TPSA) is 71.9 Å². The van der Waals surface area contributed by atoms with Gasteiger partial charge in [-0.2, -0.15) is 0 Å². The van der Waals surface area contributed by atoms with Crippen LogP contribution in [0.15, 0.2) is 29.2 Å². The molecule has 0 aliphatic carbocycles. The number of amides is 1. The molecular formula is C10H11IN4O2. The van der Waals surface area contributed by atoms with E-state index in [9.17, 15) is 4.79 Å². The summed E-state index contributed by atoms with van der Waals surface area (Å²) in [5.41, 5.74) is 1.35. The molecule has 17 heavy (non-hydrogen) atoms. The third kappa shape index (κ3) is 3.22. The average Bonchev–Trinajstić information content (AvgIpc) is 2.65. The van der Waals surface area contributed by atoms with Crippen LogP contribution in [0.2, 0.25) is 0 Å². The van der Waals surface area contributed by atoms with Gasteiger partial charge in [-0.25, -0.2) is 9.20 Å². The molecule has 0 radical (unpaired) electrons. The van der Waals surface area contributed by atoms with Crippen molar-refractivity contribution >= 4 is 11.7 Å². The van der Waals surface area contributed by atoms with E-state index in [4.69, 9.17) is 0 Å². The van der Waals surface area contributed by atoms with Crippen molar-refractivity contribution in [1.29, 1.82) is 0 Å². The van der Waals surface area contributed by atoms with E-state index >= 15 is 0 Å². The first kappa shape index (κ1) is 13.6. The monoisotopic (exact) mass is 346 g/mol. The summed E-state index contributed by atoms with van der Waals surface area (Å²) < 4.78 is 6.49. The molecule has 0 atom stereocenters. The van der Waals surface area contributed by atoms with Crippen molar-refractivity contribution in [3.63, 3.8) is 0 Å². The van der Waals surface area contributed by atoms with E-state index in [1.807, 2.05) is 36.1 Å². The number of hydrogen-bond donors (Lipinski definition) is 1. The molecule has 0 saturated heterocycles. The Morgan fingerprint density at radius 2 is 2.24 bits per heavy atom. The number of pyridine rings is 1. The van der Waals surface area contributed by atoms with E-state index in [-0.39, 0.29) is 29.9 Å². The number of carbonyl (C=O) groups excluding carboxylic acids is 1. The fourth-order valence-electron chi connectivity index (χ4n) is 1.35. The molecule has 1 amide bonds. The first-order valence-electron chi connectivity index (χ1n) is 4.72. The summed E-state index contributed by atoms with van der Waals surface area (Å²) >= 11 is 0. The van der Waals surface area contributed by atoms with Gasteiger partial charge in [0.05, 0.1) is 5.56 Å². The highest BCUT2D eigenvalue weighted by molar-refractivity contribution is 5.91. The lowest BCUT2D eigenvalue weighted by Crippen LogP contribution is -3.00. The molecular weight excluding hydrogens is 335 g/mol. The van der Waals surface area contributed by atoms with Gasteiger partial charge in [-0.3, -0.25) is 4.79 Å². The quantitative estimate of drug-likeness (QED) is 0.483. The summed E-state index contributed by atoms with van der Waals surface area (Å²) in [7, 11) is 1.90. The molecule has 2 rings (SSSR count). The minimum Gasteiger partial charge on any atom is -1.00 e. The average molecular weight is 346 g/mol. The first-order chi connectivity index (χ1) is 7.66. The van der Waals surface area contributed by atoms with Crippen LogP contribution in [-0.2, 0) is 11.8 Å². The molecule has 2 heterocycles. The van der Waals surface area contributed by atoms with Gasteiger partial charge in [0.2, 0.25) is 11.7 Å². The minimum atomic E-state index is -0.211. The van der Waals surface area contributed by atoms with Crippen molar-refractivity contribution in [3.8, 4) is 11.3 Å². The van der Waals surface area contributed by atoms with Gasteiger partial charge >= 0.3 is 0 Å². The number of aromatic nitrogens is 3. The van der Waals surface area contributed by atoms with E-state index < -0.39 is 0 Å². The zero-order valence-corrected chi connectivity index (χ0v) is 11.5. The van der Waals surface area contributed by atoms with Gasteiger partial charge < -0.3 is 29.3 Å². The zero-order valence-electron chi connectivity index (χ0n) is 9.35. The van der Waals surface area contributed by atoms with Crippen molar-refractivity contribution in [2.24, 2.45) is 7.05 Å². The van der Waals surface area contributed by atoms with Gasteiger partial charge in [-0.1, -0.05) is 0 Å².